The van der Waals surface area contributed by atoms with Crippen LogP contribution in [0.25, 0.3) is 0 Å². The van der Waals surface area contributed by atoms with Crippen LogP contribution < -0.4 is 5.32 Å². The summed E-state index contributed by atoms with van der Waals surface area (Å²) in [6.07, 6.45) is 0. The van der Waals surface area contributed by atoms with Crippen LogP contribution in [0, 0.1) is 0 Å². The van der Waals surface area contributed by atoms with Crippen molar-refractivity contribution in [2.45, 2.75) is 42.7 Å². The third kappa shape index (κ3) is 4.22. The summed E-state index contributed by atoms with van der Waals surface area (Å²) in [5.74, 6) is 0. The number of rotatable bonds is 5. The van der Waals surface area contributed by atoms with Crippen LogP contribution in [0.3, 0.4) is 0 Å². The molecule has 1 aliphatic heterocycles. The van der Waals surface area contributed by atoms with Crippen LogP contribution in [0.2, 0.25) is 0 Å². The van der Waals surface area contributed by atoms with Crippen LogP contribution in [-0.2, 0) is 16.6 Å². The first-order valence-electron chi connectivity index (χ1n) is 7.38. The second kappa shape index (κ2) is 7.13. The molecule has 2 atom stereocenters. The van der Waals surface area contributed by atoms with E-state index in [0.717, 1.165) is 12.1 Å². The van der Waals surface area contributed by atoms with Crippen molar-refractivity contribution in [2.75, 3.05) is 19.6 Å². The molecule has 1 aliphatic rings. The van der Waals surface area contributed by atoms with Crippen molar-refractivity contribution >= 4 is 21.8 Å². The van der Waals surface area contributed by atoms with Gasteiger partial charge in [-0.1, -0.05) is 32.9 Å². The van der Waals surface area contributed by atoms with Crippen molar-refractivity contribution in [3.8, 4) is 0 Å². The van der Waals surface area contributed by atoms with Gasteiger partial charge in [0, 0.05) is 30.1 Å². The SMILES string of the molecule is CCNCc1cccc(S(=O)(=O)N2CC(C)SC(C)C2)c1. The Morgan fingerprint density at radius 3 is 2.57 bits per heavy atom. The maximum atomic E-state index is 12.8. The number of hydrogen-bond acceptors (Lipinski definition) is 4. The highest BCUT2D eigenvalue weighted by molar-refractivity contribution is 8.00. The molecule has 0 bridgehead atoms. The van der Waals surface area contributed by atoms with Crippen molar-refractivity contribution in [3.05, 3.63) is 29.8 Å². The molecule has 1 aromatic carbocycles. The second-order valence-corrected chi connectivity index (χ2v) is 9.33. The van der Waals surface area contributed by atoms with E-state index in [4.69, 9.17) is 0 Å². The molecule has 0 spiro atoms. The van der Waals surface area contributed by atoms with Crippen LogP contribution in [0.15, 0.2) is 29.2 Å². The number of benzene rings is 1. The van der Waals surface area contributed by atoms with E-state index in [-0.39, 0.29) is 0 Å². The first kappa shape index (κ1) is 16.8. The van der Waals surface area contributed by atoms with Gasteiger partial charge in [-0.05, 0) is 24.2 Å². The molecule has 0 saturated carbocycles. The minimum absolute atomic E-state index is 0.341. The van der Waals surface area contributed by atoms with Gasteiger partial charge in [0.2, 0.25) is 10.0 Å². The van der Waals surface area contributed by atoms with E-state index in [9.17, 15) is 8.42 Å². The fraction of sp³-hybridized carbons (Fsp3) is 0.600. The Labute approximate surface area is 132 Å². The maximum Gasteiger partial charge on any atom is 0.243 e. The topological polar surface area (TPSA) is 49.4 Å². The summed E-state index contributed by atoms with van der Waals surface area (Å²) < 4.78 is 27.2. The van der Waals surface area contributed by atoms with E-state index in [1.165, 1.54) is 0 Å². The normalized spacial score (nSPS) is 24.1. The predicted molar refractivity (Wildman–Crippen MR) is 89.1 cm³/mol. The molecule has 1 fully saturated rings. The van der Waals surface area contributed by atoms with Gasteiger partial charge in [0.15, 0.2) is 0 Å². The Bertz CT molecular complexity index is 565. The predicted octanol–water partition coefficient (Wildman–Crippen LogP) is 2.31. The minimum atomic E-state index is -3.38. The van der Waals surface area contributed by atoms with Crippen molar-refractivity contribution in [2.24, 2.45) is 0 Å². The fourth-order valence-corrected chi connectivity index (χ4v) is 5.76. The van der Waals surface area contributed by atoms with Crippen molar-refractivity contribution in [3.63, 3.8) is 0 Å². The van der Waals surface area contributed by atoms with E-state index in [0.29, 0.717) is 35.0 Å². The molecule has 1 saturated heterocycles. The molecule has 21 heavy (non-hydrogen) atoms. The highest BCUT2D eigenvalue weighted by atomic mass is 32.2. The summed E-state index contributed by atoms with van der Waals surface area (Å²) in [7, 11) is -3.38. The second-order valence-electron chi connectivity index (χ2n) is 5.51. The lowest BCUT2D eigenvalue weighted by Crippen LogP contribution is -2.43. The van der Waals surface area contributed by atoms with Gasteiger partial charge in [-0.25, -0.2) is 8.42 Å². The molecule has 0 aliphatic carbocycles. The van der Waals surface area contributed by atoms with Crippen molar-refractivity contribution in [1.29, 1.82) is 0 Å². The monoisotopic (exact) mass is 328 g/mol. The fourth-order valence-electron chi connectivity index (χ4n) is 2.56. The Hall–Kier alpha value is -0.560. The third-order valence-electron chi connectivity index (χ3n) is 3.50. The van der Waals surface area contributed by atoms with Crippen LogP contribution in [0.5, 0.6) is 0 Å². The zero-order chi connectivity index (χ0) is 15.5. The molecule has 2 unspecified atom stereocenters. The van der Waals surface area contributed by atoms with Gasteiger partial charge < -0.3 is 5.32 Å². The van der Waals surface area contributed by atoms with Crippen LogP contribution >= 0.6 is 11.8 Å². The molecule has 4 nitrogen and oxygen atoms in total. The largest absolute Gasteiger partial charge is 0.313 e. The quantitative estimate of drug-likeness (QED) is 0.901. The Balaban J connectivity index is 2.22. The zero-order valence-corrected chi connectivity index (χ0v) is 14.5. The van der Waals surface area contributed by atoms with Gasteiger partial charge in [-0.3, -0.25) is 0 Å². The Morgan fingerprint density at radius 2 is 1.95 bits per heavy atom. The zero-order valence-electron chi connectivity index (χ0n) is 12.9. The van der Waals surface area contributed by atoms with Gasteiger partial charge >= 0.3 is 0 Å². The molecule has 1 aromatic rings. The number of sulfonamides is 1. The van der Waals surface area contributed by atoms with Crippen LogP contribution in [0.1, 0.15) is 26.3 Å². The van der Waals surface area contributed by atoms with Gasteiger partial charge in [0.25, 0.3) is 0 Å². The lowest BCUT2D eigenvalue weighted by molar-refractivity contribution is 0.405. The van der Waals surface area contributed by atoms with Crippen molar-refractivity contribution in [1.82, 2.24) is 9.62 Å². The lowest BCUT2D eigenvalue weighted by atomic mass is 10.2. The number of nitrogens with one attached hydrogen (secondary N) is 1. The highest BCUT2D eigenvalue weighted by Gasteiger charge is 2.32. The molecule has 1 N–H and O–H groups in total. The third-order valence-corrected chi connectivity index (χ3v) is 6.56. The average Bonchev–Trinajstić information content (AvgIpc) is 2.44. The smallest absolute Gasteiger partial charge is 0.243 e. The maximum absolute atomic E-state index is 12.8. The average molecular weight is 329 g/mol. The molecular formula is C15H24N2O2S2. The molecule has 6 heteroatoms. The van der Waals surface area contributed by atoms with E-state index < -0.39 is 10.0 Å². The summed E-state index contributed by atoms with van der Waals surface area (Å²) in [6.45, 7) is 8.96. The number of thioether (sulfide) groups is 1. The molecule has 118 valence electrons. The van der Waals surface area contributed by atoms with Crippen LogP contribution in [0.4, 0.5) is 0 Å². The molecule has 0 amide bonds. The van der Waals surface area contributed by atoms with E-state index in [1.54, 1.807) is 16.4 Å². The standard InChI is InChI=1S/C15H24N2O2S2/c1-4-16-9-14-6-5-7-15(8-14)21(18,19)17-10-12(2)20-13(3)11-17/h5-8,12-13,16H,4,9-11H2,1-3H3. The van der Waals surface area contributed by atoms with Gasteiger partial charge in [0.05, 0.1) is 4.90 Å². The number of nitrogens with zero attached hydrogens (tertiary/aromatic N) is 1. The molecule has 0 radical (unpaired) electrons. The summed E-state index contributed by atoms with van der Waals surface area (Å²) in [5, 5.41) is 3.91. The Morgan fingerprint density at radius 1 is 1.29 bits per heavy atom. The summed E-state index contributed by atoms with van der Waals surface area (Å²) in [4.78, 5) is 0.407. The summed E-state index contributed by atoms with van der Waals surface area (Å²) in [5.41, 5.74) is 1.01. The van der Waals surface area contributed by atoms with Gasteiger partial charge in [-0.2, -0.15) is 16.1 Å². The van der Waals surface area contributed by atoms with Crippen LogP contribution in [-0.4, -0.2) is 42.9 Å². The minimum Gasteiger partial charge on any atom is -0.313 e. The summed E-state index contributed by atoms with van der Waals surface area (Å²) >= 11 is 1.85. The van der Waals surface area contributed by atoms with E-state index in [2.05, 4.69) is 19.2 Å². The lowest BCUT2D eigenvalue weighted by Gasteiger charge is -2.33. The van der Waals surface area contributed by atoms with E-state index >= 15 is 0 Å². The van der Waals surface area contributed by atoms with Gasteiger partial charge in [0.1, 0.15) is 0 Å². The van der Waals surface area contributed by atoms with Gasteiger partial charge in [-0.15, -0.1) is 0 Å². The molecule has 0 aromatic heterocycles. The number of hydrogen-bond donors (Lipinski definition) is 1. The molecular weight excluding hydrogens is 304 g/mol. The first-order chi connectivity index (χ1) is 9.93. The highest BCUT2D eigenvalue weighted by Crippen LogP contribution is 2.29. The Kier molecular flexibility index (Phi) is 5.71. The molecule has 2 rings (SSSR count). The van der Waals surface area contributed by atoms with Crippen molar-refractivity contribution < 1.29 is 8.42 Å². The first-order valence-corrected chi connectivity index (χ1v) is 9.77. The molecule has 1 heterocycles. The summed E-state index contributed by atoms with van der Waals surface area (Å²) in [6, 6.07) is 7.26. The van der Waals surface area contributed by atoms with E-state index in [1.807, 2.05) is 30.8 Å².